The highest BCUT2D eigenvalue weighted by Gasteiger charge is 2.18. The molecular weight excluding hydrogens is 314 g/mol. The Hall–Kier alpha value is -2.20. The number of thiophene rings is 1. The van der Waals surface area contributed by atoms with Gasteiger partial charge in [-0.05, 0) is 31.0 Å². The molecule has 1 heterocycles. The Balaban J connectivity index is 1.68. The van der Waals surface area contributed by atoms with Gasteiger partial charge in [-0.1, -0.05) is 55.7 Å². The van der Waals surface area contributed by atoms with Crippen LogP contribution in [-0.4, -0.2) is 6.04 Å². The van der Waals surface area contributed by atoms with E-state index in [4.69, 9.17) is 0 Å². The van der Waals surface area contributed by atoms with Crippen LogP contribution in [0.5, 0.6) is 0 Å². The normalized spacial score (nSPS) is 16.0. The van der Waals surface area contributed by atoms with Gasteiger partial charge in [0, 0.05) is 16.1 Å². The van der Waals surface area contributed by atoms with Crippen LogP contribution in [0.1, 0.15) is 32.1 Å². The van der Waals surface area contributed by atoms with E-state index < -0.39 is 0 Å². The van der Waals surface area contributed by atoms with Gasteiger partial charge in [0.15, 0.2) is 0 Å². The second-order valence-corrected chi connectivity index (χ2v) is 7.34. The highest BCUT2D eigenvalue weighted by Crippen LogP contribution is 2.43. The molecule has 122 valence electrons. The number of hydrogen-bond donors (Lipinski definition) is 1. The highest BCUT2D eigenvalue weighted by molar-refractivity contribution is 7.23. The number of azo groups is 1. The molecule has 24 heavy (non-hydrogen) atoms. The Morgan fingerprint density at radius 3 is 2.42 bits per heavy atom. The van der Waals surface area contributed by atoms with Crippen LogP contribution in [0, 0.1) is 0 Å². The predicted octanol–water partition coefficient (Wildman–Crippen LogP) is 7.06. The third-order valence-corrected chi connectivity index (χ3v) is 5.62. The molecule has 1 saturated carbocycles. The number of rotatable bonds is 4. The fraction of sp³-hybridized carbons (Fsp3) is 0.300. The van der Waals surface area contributed by atoms with E-state index in [0.717, 1.165) is 16.4 Å². The van der Waals surface area contributed by atoms with Gasteiger partial charge < -0.3 is 5.32 Å². The van der Waals surface area contributed by atoms with E-state index in [1.807, 2.05) is 30.3 Å². The molecule has 0 amide bonds. The Morgan fingerprint density at radius 2 is 1.58 bits per heavy atom. The minimum Gasteiger partial charge on any atom is -0.372 e. The van der Waals surface area contributed by atoms with Gasteiger partial charge in [0.2, 0.25) is 0 Å². The molecule has 0 unspecified atom stereocenters. The van der Waals surface area contributed by atoms with E-state index in [2.05, 4.69) is 39.8 Å². The van der Waals surface area contributed by atoms with E-state index in [0.29, 0.717) is 6.04 Å². The lowest BCUT2D eigenvalue weighted by atomic mass is 9.96. The van der Waals surface area contributed by atoms with Crippen molar-refractivity contribution in [3.05, 3.63) is 54.6 Å². The number of fused-ring (bicyclic) bond motifs is 1. The monoisotopic (exact) mass is 335 g/mol. The van der Waals surface area contributed by atoms with Gasteiger partial charge in [0.05, 0.1) is 5.69 Å². The molecule has 1 fully saturated rings. The van der Waals surface area contributed by atoms with Crippen molar-refractivity contribution < 1.29 is 0 Å². The second kappa shape index (κ2) is 7.14. The van der Waals surface area contributed by atoms with E-state index in [-0.39, 0.29) is 0 Å². The minimum atomic E-state index is 0.567. The zero-order chi connectivity index (χ0) is 16.2. The summed E-state index contributed by atoms with van der Waals surface area (Å²) in [5, 5.41) is 15.1. The van der Waals surface area contributed by atoms with Gasteiger partial charge in [0.1, 0.15) is 10.7 Å². The lowest BCUT2D eigenvalue weighted by molar-refractivity contribution is 0.463. The predicted molar refractivity (Wildman–Crippen MR) is 103 cm³/mol. The first-order chi connectivity index (χ1) is 11.9. The molecule has 2 aromatic carbocycles. The summed E-state index contributed by atoms with van der Waals surface area (Å²) in [7, 11) is 0. The molecule has 0 atom stereocenters. The van der Waals surface area contributed by atoms with E-state index >= 15 is 0 Å². The summed E-state index contributed by atoms with van der Waals surface area (Å²) >= 11 is 1.79. The van der Waals surface area contributed by atoms with E-state index in [9.17, 15) is 0 Å². The van der Waals surface area contributed by atoms with Crippen molar-refractivity contribution in [3.8, 4) is 0 Å². The average Bonchev–Trinajstić information content (AvgIpc) is 2.99. The van der Waals surface area contributed by atoms with Crippen molar-refractivity contribution in [2.24, 2.45) is 10.2 Å². The standard InChI is InChI=1S/C20H21N3S/c1-3-9-15(10-4-1)21-20-19(17-13-7-8-14-18(17)24-20)23-22-16-11-5-2-6-12-16/h2,5-8,11-15,21H,1,3-4,9-10H2. The van der Waals surface area contributed by atoms with Crippen LogP contribution >= 0.6 is 11.3 Å². The molecule has 3 nitrogen and oxygen atoms in total. The molecule has 3 aromatic rings. The lowest BCUT2D eigenvalue weighted by Crippen LogP contribution is -2.21. The Labute approximate surface area is 146 Å². The summed E-state index contributed by atoms with van der Waals surface area (Å²) in [4.78, 5) is 0. The third-order valence-electron chi connectivity index (χ3n) is 4.53. The van der Waals surface area contributed by atoms with Crippen LogP contribution in [0.2, 0.25) is 0 Å². The van der Waals surface area contributed by atoms with Crippen LogP contribution in [-0.2, 0) is 0 Å². The van der Waals surface area contributed by atoms with Gasteiger partial charge in [-0.3, -0.25) is 0 Å². The van der Waals surface area contributed by atoms with Crippen LogP contribution in [0.3, 0.4) is 0 Å². The molecule has 0 radical (unpaired) electrons. The maximum absolute atomic E-state index is 4.60. The molecule has 1 aromatic heterocycles. The Bertz CT molecular complexity index is 832. The van der Waals surface area contributed by atoms with Crippen molar-refractivity contribution in [2.75, 3.05) is 5.32 Å². The summed E-state index contributed by atoms with van der Waals surface area (Å²) in [6, 6.07) is 18.9. The van der Waals surface area contributed by atoms with Crippen LogP contribution in [0.25, 0.3) is 10.1 Å². The highest BCUT2D eigenvalue weighted by atomic mass is 32.1. The molecule has 0 spiro atoms. The van der Waals surface area contributed by atoms with Gasteiger partial charge in [-0.2, -0.15) is 5.11 Å². The Morgan fingerprint density at radius 1 is 0.833 bits per heavy atom. The second-order valence-electron chi connectivity index (χ2n) is 6.29. The van der Waals surface area contributed by atoms with Crippen molar-refractivity contribution >= 4 is 37.8 Å². The summed E-state index contributed by atoms with van der Waals surface area (Å²) in [5.41, 5.74) is 1.86. The van der Waals surface area contributed by atoms with E-state index in [1.165, 1.54) is 42.2 Å². The summed E-state index contributed by atoms with van der Waals surface area (Å²) in [6.45, 7) is 0. The maximum Gasteiger partial charge on any atom is 0.128 e. The maximum atomic E-state index is 4.60. The topological polar surface area (TPSA) is 36.8 Å². The first kappa shape index (κ1) is 15.3. The fourth-order valence-corrected chi connectivity index (χ4v) is 4.38. The SMILES string of the molecule is c1ccc(N=Nc2c(NC3CCCCC3)sc3ccccc23)cc1. The molecule has 4 heteroatoms. The first-order valence-electron chi connectivity index (χ1n) is 8.65. The van der Waals surface area contributed by atoms with Crippen molar-refractivity contribution in [2.45, 2.75) is 38.1 Å². The number of nitrogens with zero attached hydrogens (tertiary/aromatic N) is 2. The van der Waals surface area contributed by atoms with E-state index in [1.54, 1.807) is 11.3 Å². The lowest BCUT2D eigenvalue weighted by Gasteiger charge is -2.23. The van der Waals surface area contributed by atoms with Crippen LogP contribution in [0.4, 0.5) is 16.4 Å². The van der Waals surface area contributed by atoms with Gasteiger partial charge >= 0.3 is 0 Å². The number of nitrogens with one attached hydrogen (secondary N) is 1. The fourth-order valence-electron chi connectivity index (χ4n) is 3.26. The molecule has 0 bridgehead atoms. The van der Waals surface area contributed by atoms with Gasteiger partial charge in [-0.25, -0.2) is 0 Å². The van der Waals surface area contributed by atoms with Crippen molar-refractivity contribution in [3.63, 3.8) is 0 Å². The largest absolute Gasteiger partial charge is 0.372 e. The molecular formula is C20H21N3S. The smallest absolute Gasteiger partial charge is 0.128 e. The van der Waals surface area contributed by atoms with Crippen LogP contribution in [0.15, 0.2) is 64.8 Å². The first-order valence-corrected chi connectivity index (χ1v) is 9.47. The molecule has 1 aliphatic rings. The van der Waals surface area contributed by atoms with Gasteiger partial charge in [-0.15, -0.1) is 16.5 Å². The summed E-state index contributed by atoms with van der Waals surface area (Å²) < 4.78 is 1.26. The average molecular weight is 335 g/mol. The molecule has 1 aliphatic carbocycles. The zero-order valence-electron chi connectivity index (χ0n) is 13.6. The Kier molecular flexibility index (Phi) is 4.56. The molecule has 0 aliphatic heterocycles. The molecule has 4 rings (SSSR count). The van der Waals surface area contributed by atoms with Crippen molar-refractivity contribution in [1.82, 2.24) is 0 Å². The molecule has 0 saturated heterocycles. The zero-order valence-corrected chi connectivity index (χ0v) is 14.4. The number of anilines is 1. The third kappa shape index (κ3) is 3.34. The quantitative estimate of drug-likeness (QED) is 0.509. The summed E-state index contributed by atoms with van der Waals surface area (Å²) in [5.74, 6) is 0. The van der Waals surface area contributed by atoms with Crippen LogP contribution < -0.4 is 5.32 Å². The molecule has 1 N–H and O–H groups in total. The number of hydrogen-bond acceptors (Lipinski definition) is 4. The van der Waals surface area contributed by atoms with Gasteiger partial charge in [0.25, 0.3) is 0 Å². The number of benzene rings is 2. The minimum absolute atomic E-state index is 0.567. The van der Waals surface area contributed by atoms with Crippen molar-refractivity contribution in [1.29, 1.82) is 0 Å². The summed E-state index contributed by atoms with van der Waals surface area (Å²) in [6.07, 6.45) is 6.52.